The van der Waals surface area contributed by atoms with E-state index in [9.17, 15) is 18.0 Å². The molecule has 0 bridgehead atoms. The predicted octanol–water partition coefficient (Wildman–Crippen LogP) is 6.59. The maximum absolute atomic E-state index is 13.3. The van der Waals surface area contributed by atoms with Crippen molar-refractivity contribution in [1.82, 2.24) is 9.97 Å². The van der Waals surface area contributed by atoms with Crippen LogP contribution in [0.4, 0.5) is 18.9 Å². The number of aromatic nitrogens is 2. The quantitative estimate of drug-likeness (QED) is 0.336. The second-order valence-corrected chi connectivity index (χ2v) is 8.23. The first-order chi connectivity index (χ1) is 14.1. The summed E-state index contributed by atoms with van der Waals surface area (Å²) in [6.07, 6.45) is -4.65. The SMILES string of the molecule is C[C@@H](Sc1nc(-c2ccccc2)cc(C(F)(F)F)n1)C(=O)Nc1cccc(Cl)c1Cl. The van der Waals surface area contributed by atoms with Crippen LogP contribution in [0.3, 0.4) is 0 Å². The van der Waals surface area contributed by atoms with E-state index >= 15 is 0 Å². The fourth-order valence-electron chi connectivity index (χ4n) is 2.43. The molecule has 3 aromatic rings. The zero-order valence-corrected chi connectivity index (χ0v) is 17.7. The molecule has 1 N–H and O–H groups in total. The second-order valence-electron chi connectivity index (χ2n) is 6.14. The monoisotopic (exact) mass is 471 g/mol. The fourth-order valence-corrected chi connectivity index (χ4v) is 3.56. The molecule has 0 aliphatic heterocycles. The summed E-state index contributed by atoms with van der Waals surface area (Å²) in [5.41, 5.74) is -0.151. The highest BCUT2D eigenvalue weighted by Gasteiger charge is 2.34. The Morgan fingerprint density at radius 1 is 1.07 bits per heavy atom. The molecule has 0 saturated carbocycles. The van der Waals surface area contributed by atoms with E-state index in [1.807, 2.05) is 0 Å². The van der Waals surface area contributed by atoms with E-state index in [0.29, 0.717) is 11.3 Å². The smallest absolute Gasteiger partial charge is 0.324 e. The molecule has 30 heavy (non-hydrogen) atoms. The van der Waals surface area contributed by atoms with Gasteiger partial charge in [-0.3, -0.25) is 4.79 Å². The molecular formula is C20H14Cl2F3N3OS. The molecule has 156 valence electrons. The molecule has 0 aliphatic rings. The lowest BCUT2D eigenvalue weighted by Gasteiger charge is -2.14. The summed E-state index contributed by atoms with van der Waals surface area (Å²) in [4.78, 5) is 20.3. The number of thioether (sulfide) groups is 1. The van der Waals surface area contributed by atoms with Gasteiger partial charge in [0.2, 0.25) is 5.91 Å². The van der Waals surface area contributed by atoms with Crippen molar-refractivity contribution < 1.29 is 18.0 Å². The number of benzene rings is 2. The number of halogens is 5. The number of rotatable bonds is 5. The van der Waals surface area contributed by atoms with Crippen LogP contribution in [0.2, 0.25) is 10.0 Å². The normalized spacial score (nSPS) is 12.5. The molecule has 0 unspecified atom stereocenters. The van der Waals surface area contributed by atoms with E-state index in [1.165, 1.54) is 6.92 Å². The van der Waals surface area contributed by atoms with Crippen LogP contribution in [0.1, 0.15) is 12.6 Å². The Morgan fingerprint density at radius 3 is 2.43 bits per heavy atom. The van der Waals surface area contributed by atoms with Crippen LogP contribution in [-0.4, -0.2) is 21.1 Å². The Kier molecular flexibility index (Phi) is 6.90. The lowest BCUT2D eigenvalue weighted by Crippen LogP contribution is -2.23. The molecule has 1 heterocycles. The van der Waals surface area contributed by atoms with Gasteiger partial charge in [-0.25, -0.2) is 9.97 Å². The summed E-state index contributed by atoms with van der Waals surface area (Å²) in [6.45, 7) is 1.53. The molecule has 4 nitrogen and oxygen atoms in total. The van der Waals surface area contributed by atoms with Gasteiger partial charge >= 0.3 is 6.18 Å². The molecule has 0 spiro atoms. The van der Waals surface area contributed by atoms with Crippen LogP contribution in [0.15, 0.2) is 59.8 Å². The van der Waals surface area contributed by atoms with Crippen LogP contribution < -0.4 is 5.32 Å². The molecule has 2 aromatic carbocycles. The van der Waals surface area contributed by atoms with Gasteiger partial charge in [0.05, 0.1) is 26.7 Å². The van der Waals surface area contributed by atoms with Crippen molar-refractivity contribution in [2.24, 2.45) is 0 Å². The Balaban J connectivity index is 1.86. The molecule has 0 saturated heterocycles. The number of anilines is 1. The number of carbonyl (C=O) groups excluding carboxylic acids is 1. The largest absolute Gasteiger partial charge is 0.433 e. The van der Waals surface area contributed by atoms with Crippen molar-refractivity contribution in [2.45, 2.75) is 23.5 Å². The van der Waals surface area contributed by atoms with Crippen molar-refractivity contribution in [1.29, 1.82) is 0 Å². The number of amides is 1. The molecule has 0 fully saturated rings. The molecular weight excluding hydrogens is 458 g/mol. The summed E-state index contributed by atoms with van der Waals surface area (Å²) in [7, 11) is 0. The number of hydrogen-bond acceptors (Lipinski definition) is 4. The van der Waals surface area contributed by atoms with Gasteiger partial charge in [0.25, 0.3) is 0 Å². The highest BCUT2D eigenvalue weighted by Crippen LogP contribution is 2.34. The standard InChI is InChI=1S/C20H14Cl2F3N3OS/c1-11(18(29)26-14-9-5-8-13(21)17(14)22)30-19-27-15(12-6-3-2-4-7-12)10-16(28-19)20(23,24)25/h2-11H,1H3,(H,26,29)/t11-/m1/s1. The predicted molar refractivity (Wildman–Crippen MR) is 113 cm³/mol. The van der Waals surface area contributed by atoms with E-state index in [2.05, 4.69) is 15.3 Å². The number of carbonyl (C=O) groups is 1. The van der Waals surface area contributed by atoms with Crippen LogP contribution >= 0.6 is 35.0 Å². The van der Waals surface area contributed by atoms with Gasteiger partial charge in [-0.05, 0) is 25.1 Å². The third-order valence-corrected chi connectivity index (χ3v) is 5.71. The zero-order valence-electron chi connectivity index (χ0n) is 15.4. The van der Waals surface area contributed by atoms with Gasteiger partial charge in [0.15, 0.2) is 5.16 Å². The van der Waals surface area contributed by atoms with E-state index in [-0.39, 0.29) is 20.9 Å². The summed E-state index contributed by atoms with van der Waals surface area (Å²) >= 11 is 12.8. The highest BCUT2D eigenvalue weighted by molar-refractivity contribution is 8.00. The molecule has 10 heteroatoms. The number of nitrogens with one attached hydrogen (secondary N) is 1. The van der Waals surface area contributed by atoms with Gasteiger partial charge in [0, 0.05) is 5.56 Å². The van der Waals surface area contributed by atoms with Gasteiger partial charge in [0.1, 0.15) is 5.69 Å². The lowest BCUT2D eigenvalue weighted by molar-refractivity contribution is -0.141. The number of alkyl halides is 3. The first-order valence-corrected chi connectivity index (χ1v) is 10.2. The topological polar surface area (TPSA) is 54.9 Å². The molecule has 0 radical (unpaired) electrons. The van der Waals surface area contributed by atoms with E-state index in [4.69, 9.17) is 23.2 Å². The van der Waals surface area contributed by atoms with Crippen molar-refractivity contribution in [3.8, 4) is 11.3 Å². The van der Waals surface area contributed by atoms with Crippen LogP contribution in [0.25, 0.3) is 11.3 Å². The van der Waals surface area contributed by atoms with Crippen molar-refractivity contribution in [3.63, 3.8) is 0 Å². The first kappa shape index (κ1) is 22.4. The average molecular weight is 472 g/mol. The molecule has 0 aliphatic carbocycles. The lowest BCUT2D eigenvalue weighted by atomic mass is 10.1. The minimum atomic E-state index is -4.65. The summed E-state index contributed by atoms with van der Waals surface area (Å²) in [5, 5.41) is 2.09. The maximum Gasteiger partial charge on any atom is 0.433 e. The van der Waals surface area contributed by atoms with E-state index in [1.54, 1.807) is 48.5 Å². The van der Waals surface area contributed by atoms with Crippen molar-refractivity contribution in [2.75, 3.05) is 5.32 Å². The Labute approximate surface area is 184 Å². The van der Waals surface area contributed by atoms with Gasteiger partial charge < -0.3 is 5.32 Å². The minimum absolute atomic E-state index is 0.117. The van der Waals surface area contributed by atoms with Crippen LogP contribution in [0, 0.1) is 0 Å². The van der Waals surface area contributed by atoms with Crippen molar-refractivity contribution in [3.05, 3.63) is 70.3 Å². The number of nitrogens with zero attached hydrogens (tertiary/aromatic N) is 2. The average Bonchev–Trinajstić information content (AvgIpc) is 2.71. The second kappa shape index (κ2) is 9.24. The van der Waals surface area contributed by atoms with E-state index in [0.717, 1.165) is 17.8 Å². The van der Waals surface area contributed by atoms with Crippen molar-refractivity contribution >= 4 is 46.6 Å². The fraction of sp³-hybridized carbons (Fsp3) is 0.150. The Morgan fingerprint density at radius 2 is 1.77 bits per heavy atom. The summed E-state index contributed by atoms with van der Waals surface area (Å²) < 4.78 is 40.0. The van der Waals surface area contributed by atoms with Crippen LogP contribution in [0.5, 0.6) is 0 Å². The van der Waals surface area contributed by atoms with E-state index < -0.39 is 23.0 Å². The molecule has 1 aromatic heterocycles. The summed E-state index contributed by atoms with van der Waals surface area (Å²) in [5.74, 6) is -0.480. The van der Waals surface area contributed by atoms with Gasteiger partial charge in [-0.15, -0.1) is 0 Å². The molecule has 1 amide bonds. The minimum Gasteiger partial charge on any atom is -0.324 e. The zero-order chi connectivity index (χ0) is 21.9. The highest BCUT2D eigenvalue weighted by atomic mass is 35.5. The van der Waals surface area contributed by atoms with Gasteiger partial charge in [-0.1, -0.05) is 71.4 Å². The molecule has 1 atom stereocenters. The van der Waals surface area contributed by atoms with Gasteiger partial charge in [-0.2, -0.15) is 13.2 Å². The Bertz CT molecular complexity index is 1060. The molecule has 3 rings (SSSR count). The van der Waals surface area contributed by atoms with Crippen LogP contribution in [-0.2, 0) is 11.0 Å². The summed E-state index contributed by atoms with van der Waals surface area (Å²) in [6, 6.07) is 14.1. The third-order valence-electron chi connectivity index (χ3n) is 3.93. The number of hydrogen-bond donors (Lipinski definition) is 1. The third kappa shape index (κ3) is 5.44. The maximum atomic E-state index is 13.3. The Hall–Kier alpha value is -2.29. The first-order valence-electron chi connectivity index (χ1n) is 8.58.